The van der Waals surface area contributed by atoms with Crippen LogP contribution in [-0.2, 0) is 23.2 Å². The first kappa shape index (κ1) is 14.5. The van der Waals surface area contributed by atoms with Crippen LogP contribution < -0.4 is 0 Å². The molecule has 100 valence electrons. The molecule has 0 aliphatic carbocycles. The molecule has 0 aromatic heterocycles. The topological polar surface area (TPSA) is 12.5 Å². The second kappa shape index (κ2) is 5.20. The third-order valence-electron chi connectivity index (χ3n) is 3.37. The van der Waals surface area contributed by atoms with E-state index in [9.17, 15) is 0 Å². The van der Waals surface area contributed by atoms with Gasteiger partial charge in [-0.2, -0.15) is 0 Å². The van der Waals surface area contributed by atoms with Crippen LogP contribution in [0.4, 0.5) is 0 Å². The van der Waals surface area contributed by atoms with Gasteiger partial charge in [-0.05, 0) is 29.5 Å². The van der Waals surface area contributed by atoms with Gasteiger partial charge in [0.2, 0.25) is 0 Å². The fourth-order valence-electron chi connectivity index (χ4n) is 2.22. The molecule has 0 amide bonds. The van der Waals surface area contributed by atoms with Crippen molar-refractivity contribution in [2.75, 3.05) is 6.61 Å². The molecule has 1 fully saturated rings. The van der Waals surface area contributed by atoms with Crippen LogP contribution >= 0.6 is 34.8 Å². The van der Waals surface area contributed by atoms with E-state index >= 15 is 0 Å². The van der Waals surface area contributed by atoms with Gasteiger partial charge in [-0.1, -0.05) is 66.8 Å². The van der Waals surface area contributed by atoms with Crippen molar-refractivity contribution in [1.29, 1.82) is 0 Å². The summed E-state index contributed by atoms with van der Waals surface area (Å²) in [4.78, 5) is 0. The van der Waals surface area contributed by atoms with Crippen LogP contribution in [0.1, 0.15) is 37.0 Å². The maximum Gasteiger partial charge on any atom is 0.193 e. The lowest BCUT2D eigenvalue weighted by Gasteiger charge is -2.19. The number of rotatable bonds is 4. The predicted octanol–water partition coefficient (Wildman–Crippen LogP) is 4.80. The first-order valence-electron chi connectivity index (χ1n) is 6.22. The number of hydrogen-bond acceptors (Lipinski definition) is 1. The Bertz CT molecular complexity index is 411. The molecule has 0 N–H and O–H groups in total. The normalized spacial score (nSPS) is 23.2. The van der Waals surface area contributed by atoms with E-state index in [2.05, 4.69) is 32.0 Å². The fourth-order valence-corrected chi connectivity index (χ4v) is 2.86. The summed E-state index contributed by atoms with van der Waals surface area (Å²) in [5, 5.41) is 0. The summed E-state index contributed by atoms with van der Waals surface area (Å²) in [6.07, 6.45) is 2.41. The molecule has 1 aromatic rings. The first-order valence-corrected chi connectivity index (χ1v) is 7.36. The Labute approximate surface area is 123 Å². The van der Waals surface area contributed by atoms with E-state index in [1.165, 1.54) is 11.1 Å². The SMILES string of the molecule is CCc1cc(CC)cc(C2(CC(Cl)(Cl)Cl)CO2)c1. The number of benzene rings is 1. The van der Waals surface area contributed by atoms with Crippen molar-refractivity contribution in [2.24, 2.45) is 0 Å². The lowest BCUT2D eigenvalue weighted by molar-refractivity contribution is 0.294. The van der Waals surface area contributed by atoms with Gasteiger partial charge < -0.3 is 4.74 Å². The molecule has 1 aromatic carbocycles. The molecule has 18 heavy (non-hydrogen) atoms. The first-order chi connectivity index (χ1) is 8.38. The molecule has 0 bridgehead atoms. The molecular weight excluding hydrogens is 291 g/mol. The number of hydrogen-bond donors (Lipinski definition) is 0. The van der Waals surface area contributed by atoms with Gasteiger partial charge in [0.05, 0.1) is 6.61 Å². The maximum atomic E-state index is 5.91. The highest BCUT2D eigenvalue weighted by atomic mass is 35.6. The minimum absolute atomic E-state index is 0.389. The van der Waals surface area contributed by atoms with Gasteiger partial charge in [-0.15, -0.1) is 0 Å². The smallest absolute Gasteiger partial charge is 0.193 e. The molecule has 2 rings (SSSR count). The lowest BCUT2D eigenvalue weighted by atomic mass is 9.92. The van der Waals surface area contributed by atoms with E-state index < -0.39 is 3.79 Å². The fraction of sp³-hybridized carbons (Fsp3) is 0.571. The summed E-state index contributed by atoms with van der Waals surface area (Å²) in [6, 6.07) is 6.57. The Balaban J connectivity index is 2.32. The summed E-state index contributed by atoms with van der Waals surface area (Å²) in [5.74, 6) is 0. The highest BCUT2D eigenvalue weighted by molar-refractivity contribution is 6.67. The summed E-state index contributed by atoms with van der Waals surface area (Å²) >= 11 is 17.7. The number of alkyl halides is 3. The summed E-state index contributed by atoms with van der Waals surface area (Å²) in [6.45, 7) is 4.93. The number of aryl methyl sites for hydroxylation is 2. The Morgan fingerprint density at radius 3 is 1.94 bits per heavy atom. The third kappa shape index (κ3) is 3.33. The van der Waals surface area contributed by atoms with E-state index in [0.29, 0.717) is 13.0 Å². The standard InChI is InChI=1S/C14H17Cl3O/c1-3-10-5-11(4-2)7-12(6-10)13(9-18-13)8-14(15,16)17/h5-7H,3-4,8-9H2,1-2H3. The van der Waals surface area contributed by atoms with E-state index in [1.54, 1.807) is 0 Å². The average Bonchev–Trinajstić information content (AvgIpc) is 3.07. The summed E-state index contributed by atoms with van der Waals surface area (Å²) in [5.41, 5.74) is 3.37. The zero-order valence-electron chi connectivity index (χ0n) is 10.6. The van der Waals surface area contributed by atoms with E-state index in [1.807, 2.05) is 0 Å². The van der Waals surface area contributed by atoms with Crippen LogP contribution in [-0.4, -0.2) is 10.4 Å². The van der Waals surface area contributed by atoms with Crippen molar-refractivity contribution in [3.05, 3.63) is 34.9 Å². The largest absolute Gasteiger partial charge is 0.364 e. The van der Waals surface area contributed by atoms with Gasteiger partial charge in [0.25, 0.3) is 0 Å². The molecule has 4 heteroatoms. The Morgan fingerprint density at radius 1 is 1.11 bits per heavy atom. The Morgan fingerprint density at radius 2 is 1.61 bits per heavy atom. The number of epoxide rings is 1. The van der Waals surface area contributed by atoms with E-state index in [0.717, 1.165) is 18.4 Å². The van der Waals surface area contributed by atoms with Gasteiger partial charge in [-0.25, -0.2) is 0 Å². The van der Waals surface area contributed by atoms with Crippen LogP contribution in [0.2, 0.25) is 0 Å². The minimum atomic E-state index is -1.27. The van der Waals surface area contributed by atoms with E-state index in [-0.39, 0.29) is 5.60 Å². The second-order valence-corrected chi connectivity index (χ2v) is 7.34. The minimum Gasteiger partial charge on any atom is -0.364 e. The molecule has 0 radical (unpaired) electrons. The van der Waals surface area contributed by atoms with Crippen molar-refractivity contribution in [3.8, 4) is 0 Å². The highest BCUT2D eigenvalue weighted by Crippen LogP contribution is 2.50. The van der Waals surface area contributed by atoms with Crippen molar-refractivity contribution in [3.63, 3.8) is 0 Å². The van der Waals surface area contributed by atoms with Crippen molar-refractivity contribution in [1.82, 2.24) is 0 Å². The van der Waals surface area contributed by atoms with Crippen LogP contribution in [0.15, 0.2) is 18.2 Å². The maximum absolute atomic E-state index is 5.91. The molecule has 1 heterocycles. The summed E-state index contributed by atoms with van der Waals surface area (Å²) in [7, 11) is 0. The van der Waals surface area contributed by atoms with Crippen LogP contribution in [0.3, 0.4) is 0 Å². The zero-order chi connectivity index (χ0) is 13.4. The lowest BCUT2D eigenvalue weighted by Crippen LogP contribution is -2.18. The van der Waals surface area contributed by atoms with Gasteiger partial charge in [0.1, 0.15) is 5.60 Å². The molecule has 1 nitrogen and oxygen atoms in total. The molecular formula is C14H17Cl3O. The van der Waals surface area contributed by atoms with Crippen LogP contribution in [0, 0.1) is 0 Å². The highest BCUT2D eigenvalue weighted by Gasteiger charge is 2.51. The quantitative estimate of drug-likeness (QED) is 0.575. The van der Waals surface area contributed by atoms with Crippen molar-refractivity contribution in [2.45, 2.75) is 42.5 Å². The molecule has 1 saturated heterocycles. The van der Waals surface area contributed by atoms with Gasteiger partial charge >= 0.3 is 0 Å². The summed E-state index contributed by atoms with van der Waals surface area (Å²) < 4.78 is 4.33. The van der Waals surface area contributed by atoms with Crippen molar-refractivity contribution < 1.29 is 4.74 Å². The molecule has 1 aliphatic rings. The molecule has 1 unspecified atom stereocenters. The van der Waals surface area contributed by atoms with Gasteiger partial charge in [-0.3, -0.25) is 0 Å². The average molecular weight is 308 g/mol. The van der Waals surface area contributed by atoms with Gasteiger partial charge in [0.15, 0.2) is 3.79 Å². The van der Waals surface area contributed by atoms with Crippen molar-refractivity contribution >= 4 is 34.8 Å². The zero-order valence-corrected chi connectivity index (χ0v) is 12.9. The predicted molar refractivity (Wildman–Crippen MR) is 77.7 cm³/mol. The van der Waals surface area contributed by atoms with E-state index in [4.69, 9.17) is 39.5 Å². The molecule has 1 atom stereocenters. The van der Waals surface area contributed by atoms with Crippen LogP contribution in [0.5, 0.6) is 0 Å². The third-order valence-corrected chi connectivity index (χ3v) is 3.77. The molecule has 1 aliphatic heterocycles. The molecule has 0 spiro atoms. The number of ether oxygens (including phenoxy) is 1. The molecule has 0 saturated carbocycles. The Kier molecular flexibility index (Phi) is 4.18. The number of halogens is 3. The van der Waals surface area contributed by atoms with Crippen LogP contribution in [0.25, 0.3) is 0 Å². The monoisotopic (exact) mass is 306 g/mol. The Hall–Kier alpha value is 0.0500. The van der Waals surface area contributed by atoms with Gasteiger partial charge in [0, 0.05) is 6.42 Å². The second-order valence-electron chi connectivity index (χ2n) is 4.82.